The van der Waals surface area contributed by atoms with Crippen LogP contribution < -0.4 is 21.9 Å². The number of rotatable bonds is 10. The summed E-state index contributed by atoms with van der Waals surface area (Å²) in [6, 6.07) is 0. The molecule has 400 valence electrons. The Morgan fingerprint density at radius 1 is 0.330 bits per heavy atom. The molecular weight excluding hydrogens is 1070 g/mol. The molecule has 0 unspecified atom stereocenters. The first kappa shape index (κ1) is 69.2. The molecule has 0 aliphatic rings. The summed E-state index contributed by atoms with van der Waals surface area (Å²) in [5.41, 5.74) is 23.8. The maximum Gasteiger partial charge on any atom is 0.113 e. The number of hydrogen-bond acceptors (Lipinski definition) is 0. The Kier molecular flexibility index (Phi) is 20.7. The molecule has 0 saturated heterocycles. The van der Waals surface area contributed by atoms with Gasteiger partial charge in [-0.05, 0) is 303 Å². The molecular formula is C73H54B18. The largest absolute Gasteiger partial charge is 0.115 e. The van der Waals surface area contributed by atoms with E-state index in [1.54, 1.807) is 21.0 Å². The molecule has 0 aromatic heterocycles. The van der Waals surface area contributed by atoms with Crippen LogP contribution in [0.25, 0.3) is 76.1 Å². The van der Waals surface area contributed by atoms with Crippen molar-refractivity contribution in [3.8, 4) is 130 Å². The van der Waals surface area contributed by atoms with Crippen molar-refractivity contribution < 1.29 is 0 Å². The van der Waals surface area contributed by atoms with E-state index in [9.17, 15) is 0 Å². The van der Waals surface area contributed by atoms with Gasteiger partial charge >= 0.3 is 0 Å². The first-order valence-corrected chi connectivity index (χ1v) is 30.2. The van der Waals surface area contributed by atoms with Crippen LogP contribution in [0.2, 0.25) is 0 Å². The van der Waals surface area contributed by atoms with Crippen LogP contribution in [-0.4, -0.2) is 130 Å². The molecule has 0 amide bonds. The lowest BCUT2D eigenvalue weighted by Gasteiger charge is -2.37. The first-order chi connectivity index (χ1) is 43.1. The van der Waals surface area contributed by atoms with Gasteiger partial charge in [-0.25, -0.2) is 0 Å². The van der Waals surface area contributed by atoms with Crippen LogP contribution in [0.15, 0.2) is 0 Å². The minimum Gasteiger partial charge on any atom is -0.115 e. The highest BCUT2D eigenvalue weighted by Crippen LogP contribution is 2.54. The molecule has 8 aromatic carbocycles. The van der Waals surface area contributed by atoms with E-state index in [0.717, 1.165) is 154 Å². The summed E-state index contributed by atoms with van der Waals surface area (Å²) in [4.78, 5) is 0. The number of hydrogen-bond donors (Lipinski definition) is 0. The fraction of sp³-hybridized carbons (Fsp3) is 0.233. The second-order valence-corrected chi connectivity index (χ2v) is 24.1. The molecule has 0 atom stereocenters. The predicted molar refractivity (Wildman–Crippen MR) is 418 cm³/mol. The minimum absolute atomic E-state index is 0.348. The molecule has 18 heteroatoms. The van der Waals surface area contributed by atoms with Crippen LogP contribution >= 0.6 is 0 Å². The Morgan fingerprint density at radius 3 is 1.18 bits per heavy atom. The van der Waals surface area contributed by atoms with E-state index in [1.165, 1.54) is 7.06 Å². The fourth-order valence-corrected chi connectivity index (χ4v) is 14.8. The van der Waals surface area contributed by atoms with Crippen LogP contribution in [0.1, 0.15) is 125 Å². The van der Waals surface area contributed by atoms with Gasteiger partial charge in [-0.15, -0.1) is 30.7 Å². The Bertz CT molecular complexity index is 5050. The average Bonchev–Trinajstić information content (AvgIpc) is 0.693. The SMILES string of the molecule is [B][B]B([B])B(B([B])[B])c1c(B(B([B])[B])B([B])[B])c(C)c(C)c2c(C)c(-c3c4c(C)c(C)c(C)c(C)c4c(-c4c(C#CC#CC#C)c(C#CC#CC)c5c(c4C)c(C)c(C)c4c(C)c(C#C)c(C#CC)c(C#CC#C)c45)c4c(C)c(C)c(C)c(C)c34)c([B][B])c([B])c12. The van der Waals surface area contributed by atoms with Crippen molar-refractivity contribution in [1.82, 2.24) is 0 Å². The molecule has 0 aliphatic heterocycles. The zero-order valence-corrected chi connectivity index (χ0v) is 55.6. The summed E-state index contributed by atoms with van der Waals surface area (Å²) in [6.07, 6.45) is 14.2. The summed E-state index contributed by atoms with van der Waals surface area (Å²) >= 11 is 0. The predicted octanol–water partition coefficient (Wildman–Crippen LogP) is 5.96. The summed E-state index contributed by atoms with van der Waals surface area (Å²) in [7, 11) is 71.5. The molecule has 91 heavy (non-hydrogen) atoms. The Morgan fingerprint density at radius 2 is 0.736 bits per heavy atom. The van der Waals surface area contributed by atoms with Gasteiger partial charge in [0.05, 0.1) is 42.4 Å². The van der Waals surface area contributed by atoms with Crippen molar-refractivity contribution in [3.05, 3.63) is 111 Å². The van der Waals surface area contributed by atoms with Crippen molar-refractivity contribution in [2.75, 3.05) is 0 Å². The standard InChI is InChI=1S/C73H54B18/c1-21-26-29-31-35-54-55(34-30-27-22-2)66-57(45(15)44(14)56-48(18)51(25-5)52(32-24-4)53(65(56)66)33-28-23-3)49(19)59(54)67-60-40(10)36(6)38(8)42(12)62(60)68(63-43(13)39(9)37(7)41(11)61(63)67)64-50(20)58-46(16)47(17)72(86(88(77)78)89(79)80)73(69(58)70(74)71(64)84-75)87(90(81)82)91(83)85-76/h1,3,5H,2,4,6-20H3. The first-order valence-electron chi connectivity index (χ1n) is 30.2. The fourth-order valence-electron chi connectivity index (χ4n) is 14.8. The zero-order valence-electron chi connectivity index (χ0n) is 55.6. The highest BCUT2D eigenvalue weighted by Gasteiger charge is 2.39. The maximum absolute atomic E-state index is 7.90. The zero-order chi connectivity index (χ0) is 67.4. The third-order valence-electron chi connectivity index (χ3n) is 19.8. The van der Waals surface area contributed by atoms with Crippen LogP contribution in [0.3, 0.4) is 0 Å². The van der Waals surface area contributed by atoms with Gasteiger partial charge in [0, 0.05) is 124 Å². The molecule has 0 fully saturated rings. The normalized spacial score (nSPS) is 10.4. The van der Waals surface area contributed by atoms with E-state index < -0.39 is 38.5 Å². The third kappa shape index (κ3) is 10.9. The van der Waals surface area contributed by atoms with Gasteiger partial charge in [-0.2, -0.15) is 0 Å². The van der Waals surface area contributed by atoms with Crippen LogP contribution in [-0.2, 0) is 0 Å². The van der Waals surface area contributed by atoms with Gasteiger partial charge in [0.2, 0.25) is 0 Å². The molecule has 0 heterocycles. The van der Waals surface area contributed by atoms with E-state index in [2.05, 4.69) is 179 Å². The van der Waals surface area contributed by atoms with Crippen LogP contribution in [0.4, 0.5) is 0 Å². The maximum atomic E-state index is 7.90. The van der Waals surface area contributed by atoms with Gasteiger partial charge < -0.3 is 0 Å². The molecule has 22 radical (unpaired) electrons. The Hall–Kier alpha value is -7.73. The van der Waals surface area contributed by atoms with E-state index in [1.807, 2.05) is 13.8 Å². The smallest absolute Gasteiger partial charge is 0.113 e. The van der Waals surface area contributed by atoms with Gasteiger partial charge in [-0.3, -0.25) is 0 Å². The highest BCUT2D eigenvalue weighted by molar-refractivity contribution is 7.89. The van der Waals surface area contributed by atoms with E-state index >= 15 is 0 Å². The van der Waals surface area contributed by atoms with E-state index in [4.69, 9.17) is 96.7 Å². The molecule has 8 aromatic rings. The van der Waals surface area contributed by atoms with Crippen molar-refractivity contribution in [2.45, 2.75) is 118 Å². The van der Waals surface area contributed by atoms with Gasteiger partial charge in [0.25, 0.3) is 0 Å². The third-order valence-corrected chi connectivity index (χ3v) is 19.8. The molecule has 0 aliphatic carbocycles. The molecule has 0 spiro atoms. The van der Waals surface area contributed by atoms with Crippen molar-refractivity contribution in [1.29, 1.82) is 0 Å². The lowest BCUT2D eigenvalue weighted by Crippen LogP contribution is -2.72. The average molecular weight is 1130 g/mol. The molecule has 0 nitrogen and oxygen atoms in total. The molecule has 8 rings (SSSR count). The summed E-state index contributed by atoms with van der Waals surface area (Å²) < 4.78 is 0. The van der Waals surface area contributed by atoms with Crippen molar-refractivity contribution in [3.63, 3.8) is 0 Å². The van der Waals surface area contributed by atoms with Crippen molar-refractivity contribution in [2.24, 2.45) is 0 Å². The number of terminal acetylenes is 3. The van der Waals surface area contributed by atoms with E-state index in [-0.39, 0.29) is 0 Å². The molecule has 0 N–H and O–H groups in total. The second kappa shape index (κ2) is 27.2. The minimum atomic E-state index is -1.06. The molecule has 0 saturated carbocycles. The number of aryl methyl sites for hydroxylation is 10. The summed E-state index contributed by atoms with van der Waals surface area (Å²) in [6.45, 7) is 34.2. The Balaban J connectivity index is 1.85. The van der Waals surface area contributed by atoms with E-state index in [0.29, 0.717) is 55.1 Å². The van der Waals surface area contributed by atoms with Crippen LogP contribution in [0, 0.1) is 212 Å². The lowest BCUT2D eigenvalue weighted by atomic mass is 8.67. The monoisotopic (exact) mass is 1130 g/mol. The van der Waals surface area contributed by atoms with Crippen LogP contribution in [0.5, 0.6) is 0 Å². The number of fused-ring (bicyclic) bond motifs is 6. The number of benzene rings is 8. The van der Waals surface area contributed by atoms with Gasteiger partial charge in [0.1, 0.15) is 7.85 Å². The summed E-state index contributed by atoms with van der Waals surface area (Å²) in [5.74, 6) is 46.2. The quantitative estimate of drug-likeness (QED) is 0.0688. The Labute approximate surface area is 561 Å². The topological polar surface area (TPSA) is 0 Å². The molecule has 0 bridgehead atoms. The lowest BCUT2D eigenvalue weighted by molar-refractivity contribution is 1.24. The highest BCUT2D eigenvalue weighted by atomic mass is 14.3. The summed E-state index contributed by atoms with van der Waals surface area (Å²) in [5, 5.41) is 8.86. The van der Waals surface area contributed by atoms with Crippen molar-refractivity contribution >= 4 is 206 Å². The van der Waals surface area contributed by atoms with Gasteiger partial charge in [0.15, 0.2) is 0 Å². The second-order valence-electron chi connectivity index (χ2n) is 24.1. The van der Waals surface area contributed by atoms with Gasteiger partial charge in [-0.1, -0.05) is 57.5 Å².